The van der Waals surface area contributed by atoms with Gasteiger partial charge in [0, 0.05) is 6.92 Å². The van der Waals surface area contributed by atoms with Crippen molar-refractivity contribution in [2.45, 2.75) is 6.92 Å². The molecule has 0 saturated heterocycles. The average molecular weight is 388 g/mol. The Morgan fingerprint density at radius 1 is 1.29 bits per heavy atom. The number of carbonyl (C=O) groups is 2. The maximum atomic E-state index is 10.7. The van der Waals surface area contributed by atoms with Gasteiger partial charge in [-0.25, -0.2) is 4.79 Å². The SMILES string of the molecule is CC(=O)Nc1ccccc1C(=O)O.[PbH2]. The molecule has 4 nitrogen and oxygen atoms in total. The number of carboxylic acids is 1. The summed E-state index contributed by atoms with van der Waals surface area (Å²) in [7, 11) is 0. The van der Waals surface area contributed by atoms with Crippen LogP contribution < -0.4 is 5.32 Å². The number of benzene rings is 1. The van der Waals surface area contributed by atoms with Crippen molar-refractivity contribution >= 4 is 44.9 Å². The molecule has 0 aromatic heterocycles. The molecule has 1 amide bonds. The van der Waals surface area contributed by atoms with Crippen molar-refractivity contribution < 1.29 is 14.7 Å². The van der Waals surface area contributed by atoms with Crippen molar-refractivity contribution in [1.82, 2.24) is 0 Å². The number of rotatable bonds is 2. The molecule has 74 valence electrons. The summed E-state index contributed by atoms with van der Waals surface area (Å²) in [5.74, 6) is -1.34. The third-order valence-electron chi connectivity index (χ3n) is 1.47. The first kappa shape index (κ1) is 13.1. The predicted molar refractivity (Wildman–Crippen MR) is 56.2 cm³/mol. The van der Waals surface area contributed by atoms with E-state index >= 15 is 0 Å². The number of aromatic carboxylic acids is 1. The van der Waals surface area contributed by atoms with Gasteiger partial charge in [0.05, 0.1) is 11.3 Å². The van der Waals surface area contributed by atoms with Gasteiger partial charge < -0.3 is 10.4 Å². The molecule has 0 fully saturated rings. The Labute approximate surface area is 101 Å². The molecule has 1 aromatic rings. The van der Waals surface area contributed by atoms with Crippen LogP contribution in [0, 0.1) is 0 Å². The van der Waals surface area contributed by atoms with Crippen LogP contribution in [-0.4, -0.2) is 44.3 Å². The summed E-state index contributed by atoms with van der Waals surface area (Å²) in [4.78, 5) is 21.3. The van der Waals surface area contributed by atoms with E-state index in [0.29, 0.717) is 5.69 Å². The van der Waals surface area contributed by atoms with E-state index in [-0.39, 0.29) is 38.8 Å². The van der Waals surface area contributed by atoms with E-state index in [4.69, 9.17) is 5.11 Å². The molecule has 0 spiro atoms. The molecule has 14 heavy (non-hydrogen) atoms. The molecule has 1 aromatic carbocycles. The molecule has 0 aliphatic heterocycles. The molecule has 2 N–H and O–H groups in total. The van der Waals surface area contributed by atoms with Gasteiger partial charge in [-0.15, -0.1) is 0 Å². The van der Waals surface area contributed by atoms with Gasteiger partial charge >= 0.3 is 33.3 Å². The van der Waals surface area contributed by atoms with Crippen LogP contribution in [-0.2, 0) is 4.79 Å². The van der Waals surface area contributed by atoms with Gasteiger partial charge in [0.25, 0.3) is 0 Å². The number of para-hydroxylation sites is 1. The third-order valence-corrected chi connectivity index (χ3v) is 1.47. The summed E-state index contributed by atoms with van der Waals surface area (Å²) < 4.78 is 0. The molecular formula is C9H11NO3Pb. The zero-order valence-corrected chi connectivity index (χ0v) is 13.3. The van der Waals surface area contributed by atoms with Gasteiger partial charge in [-0.3, -0.25) is 4.79 Å². The molecule has 1 rings (SSSR count). The van der Waals surface area contributed by atoms with E-state index in [1.54, 1.807) is 18.2 Å². The summed E-state index contributed by atoms with van der Waals surface area (Å²) in [5, 5.41) is 11.2. The number of nitrogens with one attached hydrogen (secondary N) is 1. The van der Waals surface area contributed by atoms with Gasteiger partial charge in [-0.2, -0.15) is 0 Å². The van der Waals surface area contributed by atoms with Crippen LogP contribution in [0.5, 0.6) is 0 Å². The number of hydrogen-bond donors (Lipinski definition) is 2. The van der Waals surface area contributed by atoms with Crippen LogP contribution in [0.1, 0.15) is 17.3 Å². The molecule has 0 atom stereocenters. The number of carbonyl (C=O) groups excluding carboxylic acids is 1. The zero-order valence-electron chi connectivity index (χ0n) is 7.78. The van der Waals surface area contributed by atoms with Crippen molar-refractivity contribution in [3.8, 4) is 0 Å². The van der Waals surface area contributed by atoms with E-state index in [9.17, 15) is 9.59 Å². The quantitative estimate of drug-likeness (QED) is 0.722. The zero-order chi connectivity index (χ0) is 9.84. The van der Waals surface area contributed by atoms with E-state index in [1.165, 1.54) is 13.0 Å². The Bertz CT molecular complexity index is 352. The Kier molecular flexibility index (Phi) is 5.36. The van der Waals surface area contributed by atoms with Gasteiger partial charge in [0.1, 0.15) is 0 Å². The molecule has 0 aliphatic carbocycles. The fourth-order valence-electron chi connectivity index (χ4n) is 0.968. The number of amides is 1. The normalized spacial score (nSPS) is 8.64. The topological polar surface area (TPSA) is 66.4 Å². The molecule has 0 heterocycles. The Morgan fingerprint density at radius 3 is 2.36 bits per heavy atom. The minimum atomic E-state index is -1.05. The second-order valence-corrected chi connectivity index (χ2v) is 2.53. The molecule has 0 aliphatic rings. The Morgan fingerprint density at radius 2 is 1.86 bits per heavy atom. The summed E-state index contributed by atoms with van der Waals surface area (Å²) in [5.41, 5.74) is 0.417. The van der Waals surface area contributed by atoms with E-state index < -0.39 is 5.97 Å². The second-order valence-electron chi connectivity index (χ2n) is 2.53. The van der Waals surface area contributed by atoms with Crippen molar-refractivity contribution in [2.24, 2.45) is 0 Å². The molecule has 0 bridgehead atoms. The Hall–Kier alpha value is -0.918. The van der Waals surface area contributed by atoms with Gasteiger partial charge in [0.2, 0.25) is 5.91 Å². The first-order valence-electron chi connectivity index (χ1n) is 3.71. The summed E-state index contributed by atoms with van der Waals surface area (Å²) in [6.07, 6.45) is 0. The fraction of sp³-hybridized carbons (Fsp3) is 0.111. The average Bonchev–Trinajstić information content (AvgIpc) is 2.03. The Balaban J connectivity index is 0.00000169. The van der Waals surface area contributed by atoms with Crippen LogP contribution in [0.4, 0.5) is 5.69 Å². The van der Waals surface area contributed by atoms with Crippen molar-refractivity contribution in [2.75, 3.05) is 5.32 Å². The van der Waals surface area contributed by atoms with Gasteiger partial charge in [-0.05, 0) is 12.1 Å². The van der Waals surface area contributed by atoms with Crippen molar-refractivity contribution in [3.63, 3.8) is 0 Å². The van der Waals surface area contributed by atoms with E-state index in [2.05, 4.69) is 5.32 Å². The van der Waals surface area contributed by atoms with Crippen LogP contribution in [0.3, 0.4) is 0 Å². The van der Waals surface area contributed by atoms with Crippen LogP contribution >= 0.6 is 0 Å². The van der Waals surface area contributed by atoms with Crippen LogP contribution in [0.15, 0.2) is 24.3 Å². The van der Waals surface area contributed by atoms with Gasteiger partial charge in [0.15, 0.2) is 0 Å². The van der Waals surface area contributed by atoms with E-state index in [1.807, 2.05) is 0 Å². The number of anilines is 1. The molecular weight excluding hydrogens is 377 g/mol. The number of carboxylic acid groups (broad SMARTS) is 1. The molecule has 0 saturated carbocycles. The third kappa shape index (κ3) is 3.45. The standard InChI is InChI=1S/C9H9NO3.Pb.2H/c1-6(11)10-8-5-3-2-4-7(8)9(12)13;;;/h2-5H,1H3,(H,10,11)(H,12,13);;;. The maximum absolute atomic E-state index is 10.7. The summed E-state index contributed by atoms with van der Waals surface area (Å²) in [6, 6.07) is 6.25. The van der Waals surface area contributed by atoms with Crippen molar-refractivity contribution in [1.29, 1.82) is 0 Å². The second kappa shape index (κ2) is 5.74. The molecule has 5 heteroatoms. The molecule has 2 radical (unpaired) electrons. The van der Waals surface area contributed by atoms with Crippen molar-refractivity contribution in [3.05, 3.63) is 29.8 Å². The first-order chi connectivity index (χ1) is 6.11. The minimum absolute atomic E-state index is 0. The summed E-state index contributed by atoms with van der Waals surface area (Å²) in [6.45, 7) is 1.33. The summed E-state index contributed by atoms with van der Waals surface area (Å²) >= 11 is 0. The monoisotopic (exact) mass is 389 g/mol. The first-order valence-corrected chi connectivity index (χ1v) is 3.71. The van der Waals surface area contributed by atoms with Gasteiger partial charge in [-0.1, -0.05) is 12.1 Å². The number of hydrogen-bond acceptors (Lipinski definition) is 2. The fourth-order valence-corrected chi connectivity index (χ4v) is 0.968. The van der Waals surface area contributed by atoms with Crippen LogP contribution in [0.2, 0.25) is 0 Å². The van der Waals surface area contributed by atoms with E-state index in [0.717, 1.165) is 0 Å². The predicted octanol–water partition coefficient (Wildman–Crippen LogP) is 0.427. The van der Waals surface area contributed by atoms with Crippen LogP contribution in [0.25, 0.3) is 0 Å². The molecule has 0 unspecified atom stereocenters.